The fourth-order valence-corrected chi connectivity index (χ4v) is 4.21. The van der Waals surface area contributed by atoms with Gasteiger partial charge < -0.3 is 19.7 Å². The number of benzene rings is 1. The quantitative estimate of drug-likeness (QED) is 0.0446. The molecular weight excluding hydrogens is 436 g/mol. The van der Waals surface area contributed by atoms with E-state index >= 15 is 0 Å². The van der Waals surface area contributed by atoms with E-state index in [1.165, 1.54) is 37.9 Å². The van der Waals surface area contributed by atoms with Crippen LogP contribution in [0.3, 0.4) is 0 Å². The van der Waals surface area contributed by atoms with Gasteiger partial charge in [-0.05, 0) is 56.9 Å². The highest BCUT2D eigenvalue weighted by molar-refractivity contribution is 7.93. The first kappa shape index (κ1) is 26.8. The first-order valence-corrected chi connectivity index (χ1v) is 12.4. The van der Waals surface area contributed by atoms with Crippen LogP contribution in [0.4, 0.5) is 5.69 Å². The standard InChI is InChI=1S/C25H38N4O3S/c1-6-7-12-27-22(17-30)16-23-24(26-5)14-20(13-19(4)28-31-18(2)3)15-25(23)32-33-29-21-10-8-9-11-21/h14-17,21,26-27,29H,2,6-13H2,1,3-5H3/b22-16+,28-19-. The van der Waals surface area contributed by atoms with Gasteiger partial charge in [0.25, 0.3) is 0 Å². The Kier molecular flexibility index (Phi) is 11.9. The van der Waals surface area contributed by atoms with Gasteiger partial charge in [-0.2, -0.15) is 0 Å². The Morgan fingerprint density at radius 2 is 2.06 bits per heavy atom. The molecule has 0 radical (unpaired) electrons. The maximum absolute atomic E-state index is 11.7. The molecule has 2 rings (SSSR count). The number of carbonyl (C=O) groups excluding carboxylic acids is 1. The van der Waals surface area contributed by atoms with Crippen molar-refractivity contribution in [2.75, 3.05) is 18.9 Å². The minimum absolute atomic E-state index is 0.468. The third kappa shape index (κ3) is 9.52. The molecule has 1 aliphatic carbocycles. The number of unbranched alkanes of at least 4 members (excludes halogenated alkanes) is 1. The maximum atomic E-state index is 11.7. The average molecular weight is 475 g/mol. The minimum Gasteiger partial charge on any atom is -0.409 e. The van der Waals surface area contributed by atoms with Gasteiger partial charge in [0.1, 0.15) is 23.7 Å². The SMILES string of the molecule is C=C(C)O/N=C(/C)Cc1cc(NC)c(/C=C(\C=O)NCCCC)c(OSNC2CCCC2)c1. The smallest absolute Gasteiger partial charge is 0.165 e. The zero-order chi connectivity index (χ0) is 24.1. The van der Waals surface area contributed by atoms with Crippen molar-refractivity contribution >= 4 is 36.0 Å². The largest absolute Gasteiger partial charge is 0.409 e. The molecule has 1 aromatic rings. The molecule has 0 amide bonds. The number of hydrogen-bond acceptors (Lipinski definition) is 8. The van der Waals surface area contributed by atoms with Gasteiger partial charge in [0.15, 0.2) is 6.29 Å². The van der Waals surface area contributed by atoms with Gasteiger partial charge in [0.2, 0.25) is 0 Å². The Morgan fingerprint density at radius 3 is 2.70 bits per heavy atom. The summed E-state index contributed by atoms with van der Waals surface area (Å²) in [6, 6.07) is 4.50. The fraction of sp³-hybridized carbons (Fsp3) is 0.520. The highest BCUT2D eigenvalue weighted by Crippen LogP contribution is 2.33. The van der Waals surface area contributed by atoms with E-state index in [1.807, 2.05) is 32.2 Å². The average Bonchev–Trinajstić information content (AvgIpc) is 3.31. The van der Waals surface area contributed by atoms with Gasteiger partial charge in [0.05, 0.1) is 11.4 Å². The van der Waals surface area contributed by atoms with Crippen molar-refractivity contribution in [1.29, 1.82) is 0 Å². The molecule has 1 aliphatic rings. The Morgan fingerprint density at radius 1 is 1.30 bits per heavy atom. The number of allylic oxidation sites excluding steroid dienone is 2. The molecular formula is C25H38N4O3S. The monoisotopic (exact) mass is 474 g/mol. The van der Waals surface area contributed by atoms with Crippen LogP contribution in [-0.4, -0.2) is 31.6 Å². The van der Waals surface area contributed by atoms with Crippen LogP contribution < -0.4 is 19.5 Å². The Bertz CT molecular complexity index is 848. The van der Waals surface area contributed by atoms with Gasteiger partial charge in [-0.15, -0.1) is 0 Å². The van der Waals surface area contributed by atoms with E-state index in [0.29, 0.717) is 29.7 Å². The lowest BCUT2D eigenvalue weighted by atomic mass is 10.0. The van der Waals surface area contributed by atoms with Crippen molar-refractivity contribution in [2.45, 2.75) is 71.8 Å². The summed E-state index contributed by atoms with van der Waals surface area (Å²) in [5.74, 6) is 1.22. The van der Waals surface area contributed by atoms with E-state index in [0.717, 1.165) is 48.2 Å². The third-order valence-electron chi connectivity index (χ3n) is 5.28. The number of carbonyl (C=O) groups is 1. The molecule has 0 saturated heterocycles. The van der Waals surface area contributed by atoms with Crippen molar-refractivity contribution in [1.82, 2.24) is 10.0 Å². The Hall–Kier alpha value is -2.45. The van der Waals surface area contributed by atoms with Crippen LogP contribution >= 0.6 is 12.2 Å². The number of rotatable bonds is 15. The summed E-state index contributed by atoms with van der Waals surface area (Å²) < 4.78 is 9.54. The van der Waals surface area contributed by atoms with Crippen LogP contribution in [0.1, 0.15) is 70.4 Å². The first-order valence-electron chi connectivity index (χ1n) is 11.7. The maximum Gasteiger partial charge on any atom is 0.165 e. The van der Waals surface area contributed by atoms with Gasteiger partial charge in [-0.3, -0.25) is 4.79 Å². The summed E-state index contributed by atoms with van der Waals surface area (Å²) in [7, 11) is 1.86. The van der Waals surface area contributed by atoms with Crippen LogP contribution in [0.25, 0.3) is 6.08 Å². The molecule has 0 bridgehead atoms. The van der Waals surface area contributed by atoms with Crippen LogP contribution in [0.2, 0.25) is 0 Å². The molecule has 0 spiro atoms. The molecule has 0 heterocycles. The van der Waals surface area contributed by atoms with E-state index in [4.69, 9.17) is 9.02 Å². The summed E-state index contributed by atoms with van der Waals surface area (Å²) in [5.41, 5.74) is 4.06. The Labute approximate surface area is 202 Å². The van der Waals surface area contributed by atoms with E-state index in [9.17, 15) is 4.79 Å². The number of hydrogen-bond donors (Lipinski definition) is 3. The lowest BCUT2D eigenvalue weighted by molar-refractivity contribution is -0.105. The lowest BCUT2D eigenvalue weighted by Crippen LogP contribution is -2.19. The van der Waals surface area contributed by atoms with Crippen LogP contribution in [0, 0.1) is 0 Å². The van der Waals surface area contributed by atoms with E-state index < -0.39 is 0 Å². The molecule has 1 aromatic carbocycles. The Balaban J connectivity index is 2.31. The molecule has 1 saturated carbocycles. The minimum atomic E-state index is 0.468. The second-order valence-electron chi connectivity index (χ2n) is 8.37. The number of nitrogens with one attached hydrogen (secondary N) is 3. The molecule has 0 atom stereocenters. The predicted molar refractivity (Wildman–Crippen MR) is 139 cm³/mol. The molecule has 0 aliphatic heterocycles. The zero-order valence-corrected chi connectivity index (χ0v) is 21.1. The van der Waals surface area contributed by atoms with Gasteiger partial charge >= 0.3 is 0 Å². The van der Waals surface area contributed by atoms with Crippen LogP contribution in [-0.2, 0) is 16.1 Å². The highest BCUT2D eigenvalue weighted by atomic mass is 32.2. The van der Waals surface area contributed by atoms with E-state index in [2.05, 4.69) is 34.0 Å². The van der Waals surface area contributed by atoms with Gasteiger partial charge in [-0.1, -0.05) is 37.9 Å². The molecule has 33 heavy (non-hydrogen) atoms. The number of aldehydes is 1. The molecule has 0 unspecified atom stereocenters. The van der Waals surface area contributed by atoms with Crippen molar-refractivity contribution in [3.8, 4) is 5.75 Å². The number of oxime groups is 1. The normalized spacial score (nSPS) is 14.8. The summed E-state index contributed by atoms with van der Waals surface area (Å²) in [6.45, 7) is 10.3. The number of anilines is 1. The van der Waals surface area contributed by atoms with E-state index in [-0.39, 0.29) is 0 Å². The molecule has 7 nitrogen and oxygen atoms in total. The van der Waals surface area contributed by atoms with Crippen molar-refractivity contribution < 1.29 is 13.8 Å². The summed E-state index contributed by atoms with van der Waals surface area (Å²) in [6.07, 6.45) is 10.2. The number of nitrogens with zero attached hydrogens (tertiary/aromatic N) is 1. The van der Waals surface area contributed by atoms with Gasteiger partial charge in [0, 0.05) is 37.3 Å². The molecule has 182 valence electrons. The van der Waals surface area contributed by atoms with E-state index in [1.54, 1.807) is 6.92 Å². The van der Waals surface area contributed by atoms with Crippen molar-refractivity contribution in [2.24, 2.45) is 5.16 Å². The molecule has 3 N–H and O–H groups in total. The fourth-order valence-electron chi connectivity index (χ4n) is 3.57. The predicted octanol–water partition coefficient (Wildman–Crippen LogP) is 5.60. The lowest BCUT2D eigenvalue weighted by Gasteiger charge is -2.17. The van der Waals surface area contributed by atoms with Crippen molar-refractivity contribution in [3.63, 3.8) is 0 Å². The first-order chi connectivity index (χ1) is 16.0. The zero-order valence-electron chi connectivity index (χ0n) is 20.3. The highest BCUT2D eigenvalue weighted by Gasteiger charge is 2.17. The molecule has 0 aromatic heterocycles. The summed E-state index contributed by atoms with van der Waals surface area (Å²) in [4.78, 5) is 16.9. The topological polar surface area (TPSA) is 84.0 Å². The van der Waals surface area contributed by atoms with Crippen molar-refractivity contribution in [3.05, 3.63) is 41.3 Å². The van der Waals surface area contributed by atoms with Crippen LogP contribution in [0.5, 0.6) is 5.75 Å². The molecule has 1 fully saturated rings. The summed E-state index contributed by atoms with van der Waals surface area (Å²) in [5, 5.41) is 10.6. The summed E-state index contributed by atoms with van der Waals surface area (Å²) >= 11 is 1.25. The molecule has 8 heteroatoms. The van der Waals surface area contributed by atoms with Gasteiger partial charge in [-0.25, -0.2) is 4.72 Å². The third-order valence-corrected chi connectivity index (χ3v) is 5.97. The second kappa shape index (κ2) is 14.6. The van der Waals surface area contributed by atoms with Crippen LogP contribution in [0.15, 0.2) is 35.3 Å². The second-order valence-corrected chi connectivity index (χ2v) is 8.93.